The maximum absolute atomic E-state index is 12.8. The van der Waals surface area contributed by atoms with Crippen LogP contribution < -0.4 is 5.84 Å². The lowest BCUT2D eigenvalue weighted by Gasteiger charge is -2.28. The summed E-state index contributed by atoms with van der Waals surface area (Å²) in [4.78, 5) is 33.3. The number of ketones is 1. The van der Waals surface area contributed by atoms with E-state index >= 15 is 0 Å². The smallest absolute Gasteiger partial charge is 0.414 e. The summed E-state index contributed by atoms with van der Waals surface area (Å²) >= 11 is 0. The Bertz CT molecular complexity index is 1100. The van der Waals surface area contributed by atoms with Gasteiger partial charge in [-0.1, -0.05) is 30.3 Å². The molecule has 1 saturated heterocycles. The van der Waals surface area contributed by atoms with Crippen LogP contribution >= 0.6 is 0 Å². The number of nitrogens with zero attached hydrogens (tertiary/aromatic N) is 2. The molecule has 1 fully saturated rings. The van der Waals surface area contributed by atoms with Gasteiger partial charge in [-0.15, -0.1) is 0 Å². The van der Waals surface area contributed by atoms with Crippen LogP contribution in [0, 0.1) is 0 Å². The first-order valence-corrected chi connectivity index (χ1v) is 10.4. The molecule has 1 aromatic heterocycles. The van der Waals surface area contributed by atoms with Gasteiger partial charge in [-0.3, -0.25) is 9.47 Å². The molecule has 3 aromatic rings. The highest BCUT2D eigenvalue weighted by Crippen LogP contribution is 2.34. The summed E-state index contributed by atoms with van der Waals surface area (Å²) in [6.07, 6.45) is 4.75. The number of carboxylic acid groups (broad SMARTS) is 2. The second-order valence-electron chi connectivity index (χ2n) is 8.00. The van der Waals surface area contributed by atoms with E-state index in [0.717, 1.165) is 48.0 Å². The molecule has 1 aliphatic rings. The van der Waals surface area contributed by atoms with Crippen LogP contribution in [-0.2, 0) is 16.0 Å². The number of Topliss-reactive ketones (excluding diaryl/α,β-unsaturated/α-hetero) is 1. The Balaban J connectivity index is 0.000000427. The van der Waals surface area contributed by atoms with Gasteiger partial charge in [-0.25, -0.2) is 9.59 Å². The molecular formula is C24H27N3O5. The molecule has 0 saturated carbocycles. The molecule has 1 aliphatic heterocycles. The highest BCUT2D eigenvalue weighted by Gasteiger charge is 2.22. The number of aromatic nitrogens is 1. The number of aliphatic carboxylic acids is 2. The quantitative estimate of drug-likeness (QED) is 0.325. The topological polar surface area (TPSA) is 126 Å². The fourth-order valence-electron chi connectivity index (χ4n) is 3.98. The number of nitrogen functional groups attached to an aromatic ring is 1. The lowest BCUT2D eigenvalue weighted by Crippen LogP contribution is -2.29. The maximum Gasteiger partial charge on any atom is 0.414 e. The van der Waals surface area contributed by atoms with Gasteiger partial charge in [0.2, 0.25) is 0 Å². The number of fused-ring (bicyclic) bond motifs is 1. The highest BCUT2D eigenvalue weighted by atomic mass is 16.4. The minimum absolute atomic E-state index is 0.150. The number of hydrogen-bond acceptors (Lipinski definition) is 5. The summed E-state index contributed by atoms with van der Waals surface area (Å²) < 4.78 is 1.70. The van der Waals surface area contributed by atoms with Crippen LogP contribution in [0.2, 0.25) is 0 Å². The molecule has 0 aliphatic carbocycles. The number of carbonyl (C=O) groups excluding carboxylic acids is 1. The van der Waals surface area contributed by atoms with Crippen LogP contribution in [-0.4, -0.2) is 57.6 Å². The Kier molecular flexibility index (Phi) is 7.27. The van der Waals surface area contributed by atoms with Crippen LogP contribution in [0.15, 0.2) is 54.7 Å². The Hall–Kier alpha value is -3.65. The van der Waals surface area contributed by atoms with Crippen LogP contribution in [0.5, 0.6) is 0 Å². The molecule has 0 bridgehead atoms. The fraction of sp³-hybridized carbons (Fsp3) is 0.292. The fourth-order valence-corrected chi connectivity index (χ4v) is 3.98. The van der Waals surface area contributed by atoms with Crippen LogP contribution in [0.25, 0.3) is 10.9 Å². The minimum Gasteiger partial charge on any atom is -0.473 e. The van der Waals surface area contributed by atoms with Crippen LogP contribution in [0.3, 0.4) is 0 Å². The molecule has 0 radical (unpaired) electrons. The standard InChI is InChI=1S/C22H25N3O.C2H2O4/c1-24-11-9-17(10-12-24)20-15-25(23)21-8-7-18(14-19(20)21)22(26)13-16-5-3-2-4-6-16;3-1(4)2(5)6/h2-8,14-15,17H,9-13,23H2,1H3;(H,3,4)(H,5,6). The summed E-state index contributed by atoms with van der Waals surface area (Å²) in [5.41, 5.74) is 4.09. The van der Waals surface area contributed by atoms with Crippen LogP contribution in [0.4, 0.5) is 0 Å². The number of rotatable bonds is 4. The van der Waals surface area contributed by atoms with Crippen molar-refractivity contribution in [2.45, 2.75) is 25.2 Å². The summed E-state index contributed by atoms with van der Waals surface area (Å²) in [7, 11) is 2.17. The first-order valence-electron chi connectivity index (χ1n) is 10.4. The van der Waals surface area contributed by atoms with E-state index in [2.05, 4.69) is 11.9 Å². The zero-order chi connectivity index (χ0) is 23.3. The van der Waals surface area contributed by atoms with Crippen molar-refractivity contribution in [1.29, 1.82) is 0 Å². The molecule has 32 heavy (non-hydrogen) atoms. The molecule has 0 unspecified atom stereocenters. The number of likely N-dealkylation sites (tertiary alicyclic amines) is 1. The summed E-state index contributed by atoms with van der Waals surface area (Å²) in [5, 5.41) is 15.9. The van der Waals surface area contributed by atoms with Gasteiger partial charge in [0.05, 0.1) is 5.52 Å². The van der Waals surface area contributed by atoms with Crippen molar-refractivity contribution < 1.29 is 24.6 Å². The molecule has 8 nitrogen and oxygen atoms in total. The Morgan fingerprint density at radius 3 is 2.22 bits per heavy atom. The predicted octanol–water partition coefficient (Wildman–Crippen LogP) is 2.75. The van der Waals surface area contributed by atoms with E-state index in [9.17, 15) is 4.79 Å². The van der Waals surface area contributed by atoms with Crippen LogP contribution in [0.1, 0.15) is 40.2 Å². The van der Waals surface area contributed by atoms with Gasteiger partial charge in [0, 0.05) is 23.6 Å². The first-order chi connectivity index (χ1) is 15.3. The van der Waals surface area contributed by atoms with E-state index in [1.54, 1.807) is 4.68 Å². The number of piperidine rings is 1. The largest absolute Gasteiger partial charge is 0.473 e. The van der Waals surface area contributed by atoms with Crippen molar-refractivity contribution in [1.82, 2.24) is 9.58 Å². The zero-order valence-electron chi connectivity index (χ0n) is 17.9. The first kappa shape index (κ1) is 23.0. The second-order valence-corrected chi connectivity index (χ2v) is 8.00. The lowest BCUT2D eigenvalue weighted by molar-refractivity contribution is -0.159. The Morgan fingerprint density at radius 2 is 1.62 bits per heavy atom. The van der Waals surface area contributed by atoms with Gasteiger partial charge in [0.15, 0.2) is 5.78 Å². The van der Waals surface area contributed by atoms with Crippen molar-refractivity contribution >= 4 is 28.6 Å². The van der Waals surface area contributed by atoms with Crippen molar-refractivity contribution in [2.75, 3.05) is 26.0 Å². The molecule has 4 N–H and O–H groups in total. The molecule has 168 valence electrons. The van der Waals surface area contributed by atoms with Gasteiger partial charge < -0.3 is 21.0 Å². The number of benzene rings is 2. The molecule has 0 amide bonds. The van der Waals surface area contributed by atoms with Gasteiger partial charge in [-0.2, -0.15) is 0 Å². The Morgan fingerprint density at radius 1 is 1.00 bits per heavy atom. The van der Waals surface area contributed by atoms with Crippen molar-refractivity contribution in [3.63, 3.8) is 0 Å². The van der Waals surface area contributed by atoms with E-state index in [-0.39, 0.29) is 5.78 Å². The second kappa shape index (κ2) is 10.1. The highest BCUT2D eigenvalue weighted by molar-refractivity contribution is 6.27. The van der Waals surface area contributed by atoms with E-state index in [1.807, 2.05) is 54.7 Å². The van der Waals surface area contributed by atoms with E-state index in [0.29, 0.717) is 12.3 Å². The minimum atomic E-state index is -1.82. The van der Waals surface area contributed by atoms with E-state index < -0.39 is 11.9 Å². The molecule has 2 aromatic carbocycles. The molecule has 8 heteroatoms. The number of nitrogens with two attached hydrogens (primary N) is 1. The molecule has 0 atom stereocenters. The monoisotopic (exact) mass is 437 g/mol. The maximum atomic E-state index is 12.8. The van der Waals surface area contributed by atoms with Gasteiger partial charge in [-0.05, 0) is 68.2 Å². The third-order valence-electron chi connectivity index (χ3n) is 5.73. The Labute approximate surface area is 185 Å². The molecule has 4 rings (SSSR count). The molecular weight excluding hydrogens is 410 g/mol. The van der Waals surface area contributed by atoms with Crippen molar-refractivity contribution in [3.05, 3.63) is 71.4 Å². The third-order valence-corrected chi connectivity index (χ3v) is 5.73. The third kappa shape index (κ3) is 5.53. The van der Waals surface area contributed by atoms with Crippen molar-refractivity contribution in [2.24, 2.45) is 0 Å². The summed E-state index contributed by atoms with van der Waals surface area (Å²) in [6, 6.07) is 15.8. The van der Waals surface area contributed by atoms with E-state index in [1.165, 1.54) is 5.56 Å². The van der Waals surface area contributed by atoms with Gasteiger partial charge >= 0.3 is 11.9 Å². The lowest BCUT2D eigenvalue weighted by atomic mass is 9.89. The number of hydrogen-bond donors (Lipinski definition) is 3. The molecule has 0 spiro atoms. The zero-order valence-corrected chi connectivity index (χ0v) is 17.9. The normalized spacial score (nSPS) is 14.5. The average molecular weight is 437 g/mol. The SMILES string of the molecule is CN1CCC(c2cn(N)c3ccc(C(=O)Cc4ccccc4)cc23)CC1.O=C(O)C(=O)O. The summed E-state index contributed by atoms with van der Waals surface area (Å²) in [6.45, 7) is 2.21. The average Bonchev–Trinajstić information content (AvgIpc) is 3.11. The number of carbonyl (C=O) groups is 3. The predicted molar refractivity (Wildman–Crippen MR) is 121 cm³/mol. The van der Waals surface area contributed by atoms with Crippen molar-refractivity contribution in [3.8, 4) is 0 Å². The van der Waals surface area contributed by atoms with Gasteiger partial charge in [0.25, 0.3) is 0 Å². The van der Waals surface area contributed by atoms with E-state index in [4.69, 9.17) is 25.6 Å². The summed E-state index contributed by atoms with van der Waals surface area (Å²) in [5.74, 6) is 3.20. The molecule has 2 heterocycles. The number of carboxylic acids is 2. The van der Waals surface area contributed by atoms with Gasteiger partial charge in [0.1, 0.15) is 0 Å².